The molecule has 0 saturated carbocycles. The maximum atomic E-state index is 10.7. The van der Waals surface area contributed by atoms with Crippen LogP contribution in [0, 0.1) is 10.1 Å². The number of hydrogen-bond donors (Lipinski definition) is 0. The SMILES string of the molecule is C[C@@H](Oc1ccc(Br)cc1Cl)c1nnc(-c2ccc([N+](=O)[O-])cc2)o1. The first kappa shape index (κ1) is 17.4. The number of rotatable bonds is 5. The summed E-state index contributed by atoms with van der Waals surface area (Å²) in [6, 6.07) is 11.1. The molecule has 128 valence electrons. The molecule has 0 N–H and O–H groups in total. The second kappa shape index (κ2) is 7.20. The van der Waals surface area contributed by atoms with Crippen molar-refractivity contribution < 1.29 is 14.1 Å². The summed E-state index contributed by atoms with van der Waals surface area (Å²) in [7, 11) is 0. The highest BCUT2D eigenvalue weighted by Crippen LogP contribution is 2.32. The van der Waals surface area contributed by atoms with Gasteiger partial charge in [0, 0.05) is 22.2 Å². The van der Waals surface area contributed by atoms with Gasteiger partial charge in [0.2, 0.25) is 5.89 Å². The lowest BCUT2D eigenvalue weighted by Crippen LogP contribution is -2.03. The van der Waals surface area contributed by atoms with Crippen molar-refractivity contribution in [1.82, 2.24) is 10.2 Å². The van der Waals surface area contributed by atoms with E-state index in [9.17, 15) is 10.1 Å². The summed E-state index contributed by atoms with van der Waals surface area (Å²) in [6.07, 6.45) is -0.516. The predicted octanol–water partition coefficient (Wildman–Crippen LogP) is 5.20. The number of nitrogens with zero attached hydrogens (tertiary/aromatic N) is 3. The summed E-state index contributed by atoms with van der Waals surface area (Å²) in [5, 5.41) is 19.1. The molecule has 0 aliphatic carbocycles. The van der Waals surface area contributed by atoms with E-state index in [1.165, 1.54) is 12.1 Å². The predicted molar refractivity (Wildman–Crippen MR) is 94.6 cm³/mol. The number of nitro benzene ring substituents is 1. The fraction of sp³-hybridized carbons (Fsp3) is 0.125. The van der Waals surface area contributed by atoms with Crippen molar-refractivity contribution >= 4 is 33.2 Å². The summed E-state index contributed by atoms with van der Waals surface area (Å²) in [5.74, 6) is 1.02. The number of halogens is 2. The molecule has 1 atom stereocenters. The second-order valence-electron chi connectivity index (χ2n) is 5.08. The summed E-state index contributed by atoms with van der Waals surface area (Å²) in [5.41, 5.74) is 0.572. The van der Waals surface area contributed by atoms with Gasteiger partial charge in [0.05, 0.1) is 9.95 Å². The van der Waals surface area contributed by atoms with Gasteiger partial charge in [-0.25, -0.2) is 0 Å². The topological polar surface area (TPSA) is 91.3 Å². The highest BCUT2D eigenvalue weighted by molar-refractivity contribution is 9.10. The van der Waals surface area contributed by atoms with Gasteiger partial charge in [-0.2, -0.15) is 0 Å². The van der Waals surface area contributed by atoms with E-state index in [2.05, 4.69) is 26.1 Å². The highest BCUT2D eigenvalue weighted by atomic mass is 79.9. The molecule has 3 rings (SSSR count). The van der Waals surface area contributed by atoms with Crippen LogP contribution in [0.15, 0.2) is 51.4 Å². The van der Waals surface area contributed by atoms with Crippen LogP contribution >= 0.6 is 27.5 Å². The van der Waals surface area contributed by atoms with Gasteiger partial charge in [-0.05, 0) is 37.3 Å². The first-order valence-corrected chi connectivity index (χ1v) is 8.31. The number of ether oxygens (including phenoxy) is 1. The van der Waals surface area contributed by atoms with Crippen molar-refractivity contribution in [2.24, 2.45) is 0 Å². The van der Waals surface area contributed by atoms with E-state index in [1.807, 2.05) is 6.07 Å². The molecule has 0 aliphatic heterocycles. The van der Waals surface area contributed by atoms with Gasteiger partial charge in [0.25, 0.3) is 11.6 Å². The van der Waals surface area contributed by atoms with Gasteiger partial charge < -0.3 is 9.15 Å². The van der Waals surface area contributed by atoms with E-state index in [0.29, 0.717) is 16.3 Å². The molecule has 0 unspecified atom stereocenters. The standard InChI is InChI=1S/C16H11BrClN3O4/c1-9(24-14-7-4-11(17)8-13(14)18)15-19-20-16(25-15)10-2-5-12(6-3-10)21(22)23/h2-9H,1H3/t9-/m1/s1. The summed E-state index contributed by atoms with van der Waals surface area (Å²) < 4.78 is 12.2. The van der Waals surface area contributed by atoms with Crippen molar-refractivity contribution in [3.05, 3.63) is 68.0 Å². The molecule has 1 heterocycles. The van der Waals surface area contributed by atoms with Crippen molar-refractivity contribution in [2.45, 2.75) is 13.0 Å². The molecule has 25 heavy (non-hydrogen) atoms. The molecule has 0 fully saturated rings. The van der Waals surface area contributed by atoms with Crippen LogP contribution in [0.5, 0.6) is 5.75 Å². The quantitative estimate of drug-likeness (QED) is 0.413. The van der Waals surface area contributed by atoms with Gasteiger partial charge >= 0.3 is 0 Å². The van der Waals surface area contributed by atoms with Crippen LogP contribution in [-0.2, 0) is 0 Å². The Labute approximate surface area is 155 Å². The number of nitro groups is 1. The van der Waals surface area contributed by atoms with E-state index in [-0.39, 0.29) is 17.5 Å². The first-order chi connectivity index (χ1) is 11.9. The molecule has 0 radical (unpaired) electrons. The van der Waals surface area contributed by atoms with Crippen LogP contribution in [0.3, 0.4) is 0 Å². The monoisotopic (exact) mass is 423 g/mol. The Balaban J connectivity index is 1.77. The number of benzene rings is 2. The van der Waals surface area contributed by atoms with Crippen molar-refractivity contribution in [1.29, 1.82) is 0 Å². The molecule has 0 saturated heterocycles. The second-order valence-corrected chi connectivity index (χ2v) is 6.41. The molecular formula is C16H11BrClN3O4. The van der Waals surface area contributed by atoms with Gasteiger partial charge in [0.1, 0.15) is 5.75 Å². The summed E-state index contributed by atoms with van der Waals surface area (Å²) in [6.45, 7) is 1.76. The maximum absolute atomic E-state index is 10.7. The van der Waals surface area contributed by atoms with Crippen LogP contribution < -0.4 is 4.74 Å². The average molecular weight is 425 g/mol. The third kappa shape index (κ3) is 3.97. The van der Waals surface area contributed by atoms with Crippen LogP contribution in [0.2, 0.25) is 5.02 Å². The molecule has 0 aliphatic rings. The lowest BCUT2D eigenvalue weighted by Gasteiger charge is -2.12. The fourth-order valence-corrected chi connectivity index (χ4v) is 2.77. The van der Waals surface area contributed by atoms with Crippen molar-refractivity contribution in [2.75, 3.05) is 0 Å². The summed E-state index contributed by atoms with van der Waals surface area (Å²) in [4.78, 5) is 10.2. The fourth-order valence-electron chi connectivity index (χ4n) is 2.05. The maximum Gasteiger partial charge on any atom is 0.269 e. The normalized spacial score (nSPS) is 12.0. The van der Waals surface area contributed by atoms with Gasteiger partial charge in [-0.1, -0.05) is 27.5 Å². The minimum Gasteiger partial charge on any atom is -0.479 e. The minimum absolute atomic E-state index is 0.00919. The lowest BCUT2D eigenvalue weighted by molar-refractivity contribution is -0.384. The lowest BCUT2D eigenvalue weighted by atomic mass is 10.2. The Morgan fingerprint density at radius 3 is 2.60 bits per heavy atom. The van der Waals surface area contributed by atoms with E-state index >= 15 is 0 Å². The number of aromatic nitrogens is 2. The van der Waals surface area contributed by atoms with E-state index in [4.69, 9.17) is 20.8 Å². The largest absolute Gasteiger partial charge is 0.479 e. The van der Waals surface area contributed by atoms with E-state index in [1.54, 1.807) is 31.2 Å². The van der Waals surface area contributed by atoms with Crippen molar-refractivity contribution in [3.8, 4) is 17.2 Å². The smallest absolute Gasteiger partial charge is 0.269 e. The Hall–Kier alpha value is -2.45. The van der Waals surface area contributed by atoms with E-state index in [0.717, 1.165) is 4.47 Å². The Bertz CT molecular complexity index is 914. The molecule has 9 heteroatoms. The van der Waals surface area contributed by atoms with Crippen LogP contribution in [0.1, 0.15) is 18.9 Å². The first-order valence-electron chi connectivity index (χ1n) is 7.14. The molecule has 0 bridgehead atoms. The van der Waals surface area contributed by atoms with E-state index < -0.39 is 11.0 Å². The van der Waals surface area contributed by atoms with Crippen LogP contribution in [0.25, 0.3) is 11.5 Å². The average Bonchev–Trinajstić information content (AvgIpc) is 3.07. The van der Waals surface area contributed by atoms with Gasteiger partial charge in [0.15, 0.2) is 6.10 Å². The molecule has 1 aromatic heterocycles. The minimum atomic E-state index is -0.516. The Morgan fingerprint density at radius 2 is 1.96 bits per heavy atom. The Kier molecular flexibility index (Phi) is 5.00. The zero-order chi connectivity index (χ0) is 18.0. The van der Waals surface area contributed by atoms with Crippen LogP contribution in [-0.4, -0.2) is 15.1 Å². The third-order valence-corrected chi connectivity index (χ3v) is 4.10. The molecule has 0 spiro atoms. The van der Waals surface area contributed by atoms with Gasteiger partial charge in [-0.3, -0.25) is 10.1 Å². The molecule has 2 aromatic carbocycles. The molecule has 3 aromatic rings. The zero-order valence-corrected chi connectivity index (χ0v) is 15.2. The summed E-state index contributed by atoms with van der Waals surface area (Å²) >= 11 is 9.45. The zero-order valence-electron chi connectivity index (χ0n) is 12.8. The molecule has 7 nitrogen and oxygen atoms in total. The van der Waals surface area contributed by atoms with Gasteiger partial charge in [-0.15, -0.1) is 10.2 Å². The van der Waals surface area contributed by atoms with Crippen molar-refractivity contribution in [3.63, 3.8) is 0 Å². The highest BCUT2D eigenvalue weighted by Gasteiger charge is 2.18. The number of hydrogen-bond acceptors (Lipinski definition) is 6. The third-order valence-electron chi connectivity index (χ3n) is 3.31. The molecular weight excluding hydrogens is 414 g/mol. The molecule has 0 amide bonds. The number of non-ortho nitro benzene ring substituents is 1. The Morgan fingerprint density at radius 1 is 1.24 bits per heavy atom. The van der Waals surface area contributed by atoms with Crippen LogP contribution in [0.4, 0.5) is 5.69 Å².